The van der Waals surface area contributed by atoms with Gasteiger partial charge in [0.2, 0.25) is 5.88 Å². The molecular weight excluding hydrogens is 294 g/mol. The SMILES string of the molecule is Cc1ccc(CCC(C)(C)COc2cccc(C(C)C)n2)c(C)c1. The standard InChI is InChI=1S/C22H31NO/c1-16(2)20-8-7-9-21(23-20)24-15-22(5,6)13-12-19-11-10-17(3)14-18(19)4/h7-11,14,16H,12-13,15H2,1-6H3. The van der Waals surface area contributed by atoms with Gasteiger partial charge in [0.25, 0.3) is 0 Å². The molecule has 0 unspecified atom stereocenters. The van der Waals surface area contributed by atoms with Crippen LogP contribution in [-0.4, -0.2) is 11.6 Å². The third kappa shape index (κ3) is 5.36. The van der Waals surface area contributed by atoms with Crippen LogP contribution in [0.25, 0.3) is 0 Å². The number of pyridine rings is 1. The molecule has 0 aliphatic heterocycles. The zero-order chi connectivity index (χ0) is 17.7. The molecule has 2 rings (SSSR count). The van der Waals surface area contributed by atoms with Crippen LogP contribution >= 0.6 is 0 Å². The molecule has 0 atom stereocenters. The summed E-state index contributed by atoms with van der Waals surface area (Å²) in [7, 11) is 0. The smallest absolute Gasteiger partial charge is 0.213 e. The number of nitrogens with zero attached hydrogens (tertiary/aromatic N) is 1. The molecule has 0 aliphatic rings. The first kappa shape index (κ1) is 18.5. The second-order valence-electron chi connectivity index (χ2n) is 7.94. The van der Waals surface area contributed by atoms with E-state index in [-0.39, 0.29) is 5.41 Å². The van der Waals surface area contributed by atoms with Gasteiger partial charge in [0, 0.05) is 11.8 Å². The lowest BCUT2D eigenvalue weighted by Crippen LogP contribution is -2.22. The summed E-state index contributed by atoms with van der Waals surface area (Å²) in [6.45, 7) is 13.9. The Morgan fingerprint density at radius 1 is 1.08 bits per heavy atom. The van der Waals surface area contributed by atoms with E-state index in [9.17, 15) is 0 Å². The summed E-state index contributed by atoms with van der Waals surface area (Å²) in [6, 6.07) is 12.8. The third-order valence-corrected chi connectivity index (χ3v) is 4.52. The largest absolute Gasteiger partial charge is 0.477 e. The van der Waals surface area contributed by atoms with Crippen LogP contribution in [0.3, 0.4) is 0 Å². The molecule has 0 amide bonds. The highest BCUT2D eigenvalue weighted by Crippen LogP contribution is 2.26. The van der Waals surface area contributed by atoms with E-state index >= 15 is 0 Å². The maximum absolute atomic E-state index is 5.99. The van der Waals surface area contributed by atoms with Crippen LogP contribution < -0.4 is 4.74 Å². The molecular formula is C22H31NO. The molecule has 1 aromatic carbocycles. The molecule has 2 heteroatoms. The van der Waals surface area contributed by atoms with Gasteiger partial charge in [-0.2, -0.15) is 0 Å². The van der Waals surface area contributed by atoms with Gasteiger partial charge in [-0.1, -0.05) is 57.5 Å². The van der Waals surface area contributed by atoms with Crippen molar-refractivity contribution < 1.29 is 4.74 Å². The molecule has 0 fully saturated rings. The van der Waals surface area contributed by atoms with Crippen LogP contribution in [0.2, 0.25) is 0 Å². The fourth-order valence-electron chi connectivity index (χ4n) is 2.77. The highest BCUT2D eigenvalue weighted by molar-refractivity contribution is 5.30. The van der Waals surface area contributed by atoms with Crippen LogP contribution in [0.15, 0.2) is 36.4 Å². The van der Waals surface area contributed by atoms with E-state index in [2.05, 4.69) is 70.8 Å². The molecule has 0 spiro atoms. The summed E-state index contributed by atoms with van der Waals surface area (Å²) < 4.78 is 5.99. The summed E-state index contributed by atoms with van der Waals surface area (Å²) in [5.74, 6) is 1.16. The van der Waals surface area contributed by atoms with Gasteiger partial charge in [0.15, 0.2) is 0 Å². The fraction of sp³-hybridized carbons (Fsp3) is 0.500. The van der Waals surface area contributed by atoms with Crippen molar-refractivity contribution in [3.05, 3.63) is 58.8 Å². The van der Waals surface area contributed by atoms with Crippen molar-refractivity contribution in [3.63, 3.8) is 0 Å². The molecule has 0 bridgehead atoms. The Morgan fingerprint density at radius 2 is 1.83 bits per heavy atom. The monoisotopic (exact) mass is 325 g/mol. The number of aromatic nitrogens is 1. The minimum Gasteiger partial charge on any atom is -0.477 e. The van der Waals surface area contributed by atoms with Gasteiger partial charge in [-0.25, -0.2) is 4.98 Å². The van der Waals surface area contributed by atoms with Crippen LogP contribution in [0, 0.1) is 19.3 Å². The maximum Gasteiger partial charge on any atom is 0.213 e. The maximum atomic E-state index is 5.99. The minimum absolute atomic E-state index is 0.118. The summed E-state index contributed by atoms with van der Waals surface area (Å²) in [6.07, 6.45) is 2.18. The lowest BCUT2D eigenvalue weighted by atomic mass is 9.86. The fourth-order valence-corrected chi connectivity index (χ4v) is 2.77. The Hall–Kier alpha value is -1.83. The lowest BCUT2D eigenvalue weighted by Gasteiger charge is -2.25. The first-order chi connectivity index (χ1) is 11.3. The van der Waals surface area contributed by atoms with Crippen molar-refractivity contribution in [2.75, 3.05) is 6.61 Å². The second-order valence-corrected chi connectivity index (χ2v) is 7.94. The van der Waals surface area contributed by atoms with E-state index in [4.69, 9.17) is 4.74 Å². The molecule has 0 radical (unpaired) electrons. The molecule has 1 aromatic heterocycles. The summed E-state index contributed by atoms with van der Waals surface area (Å²) >= 11 is 0. The molecule has 24 heavy (non-hydrogen) atoms. The Morgan fingerprint density at radius 3 is 2.50 bits per heavy atom. The normalized spacial score (nSPS) is 11.8. The van der Waals surface area contributed by atoms with Crippen molar-refractivity contribution in [2.45, 2.75) is 60.3 Å². The van der Waals surface area contributed by atoms with Crippen molar-refractivity contribution in [1.82, 2.24) is 4.98 Å². The molecule has 2 nitrogen and oxygen atoms in total. The first-order valence-electron chi connectivity index (χ1n) is 8.93. The molecule has 0 aliphatic carbocycles. The van der Waals surface area contributed by atoms with Gasteiger partial charge in [-0.15, -0.1) is 0 Å². The van der Waals surface area contributed by atoms with Crippen LogP contribution in [-0.2, 0) is 6.42 Å². The van der Waals surface area contributed by atoms with Crippen molar-refractivity contribution in [2.24, 2.45) is 5.41 Å². The van der Waals surface area contributed by atoms with Gasteiger partial charge in [0.05, 0.1) is 6.61 Å². The summed E-state index contributed by atoms with van der Waals surface area (Å²) in [5.41, 5.74) is 5.36. The number of rotatable bonds is 7. The lowest BCUT2D eigenvalue weighted by molar-refractivity contribution is 0.164. The van der Waals surface area contributed by atoms with E-state index in [1.165, 1.54) is 16.7 Å². The van der Waals surface area contributed by atoms with Gasteiger partial charge >= 0.3 is 0 Å². The number of hydrogen-bond acceptors (Lipinski definition) is 2. The zero-order valence-electron chi connectivity index (χ0n) is 16.0. The van der Waals surface area contributed by atoms with Gasteiger partial charge in [0.1, 0.15) is 0 Å². The van der Waals surface area contributed by atoms with Crippen LogP contribution in [0.5, 0.6) is 5.88 Å². The zero-order valence-corrected chi connectivity index (χ0v) is 16.0. The minimum atomic E-state index is 0.118. The molecule has 1 heterocycles. The molecule has 0 saturated heterocycles. The first-order valence-corrected chi connectivity index (χ1v) is 8.93. The van der Waals surface area contributed by atoms with Gasteiger partial charge in [-0.3, -0.25) is 0 Å². The third-order valence-electron chi connectivity index (χ3n) is 4.52. The van der Waals surface area contributed by atoms with Crippen LogP contribution in [0.1, 0.15) is 62.4 Å². The Balaban J connectivity index is 1.92. The predicted molar refractivity (Wildman–Crippen MR) is 102 cm³/mol. The highest BCUT2D eigenvalue weighted by atomic mass is 16.5. The number of benzene rings is 1. The second kappa shape index (κ2) is 7.83. The Kier molecular flexibility index (Phi) is 6.04. The average Bonchev–Trinajstić information content (AvgIpc) is 2.52. The highest BCUT2D eigenvalue weighted by Gasteiger charge is 2.20. The predicted octanol–water partition coefficient (Wildman–Crippen LogP) is 5.86. The topological polar surface area (TPSA) is 22.1 Å². The quantitative estimate of drug-likeness (QED) is 0.636. The Labute approximate surface area is 147 Å². The van der Waals surface area contributed by atoms with E-state index in [1.54, 1.807) is 0 Å². The molecule has 0 saturated carbocycles. The van der Waals surface area contributed by atoms with E-state index in [1.807, 2.05) is 12.1 Å². The van der Waals surface area contributed by atoms with E-state index in [0.717, 1.165) is 24.4 Å². The van der Waals surface area contributed by atoms with Gasteiger partial charge < -0.3 is 4.74 Å². The van der Waals surface area contributed by atoms with Crippen molar-refractivity contribution in [3.8, 4) is 5.88 Å². The number of aryl methyl sites for hydroxylation is 3. The molecule has 0 N–H and O–H groups in total. The Bertz CT molecular complexity index is 673. The summed E-state index contributed by atoms with van der Waals surface area (Å²) in [4.78, 5) is 4.60. The summed E-state index contributed by atoms with van der Waals surface area (Å²) in [5, 5.41) is 0. The average molecular weight is 325 g/mol. The number of hydrogen-bond donors (Lipinski definition) is 0. The van der Waals surface area contributed by atoms with Crippen molar-refractivity contribution >= 4 is 0 Å². The number of ether oxygens (including phenoxy) is 1. The van der Waals surface area contributed by atoms with Crippen molar-refractivity contribution in [1.29, 1.82) is 0 Å². The van der Waals surface area contributed by atoms with Crippen LogP contribution in [0.4, 0.5) is 0 Å². The van der Waals surface area contributed by atoms with E-state index in [0.29, 0.717) is 12.5 Å². The molecule has 130 valence electrons. The van der Waals surface area contributed by atoms with Gasteiger partial charge in [-0.05, 0) is 55.2 Å². The van der Waals surface area contributed by atoms with E-state index < -0.39 is 0 Å². The molecule has 2 aromatic rings.